The van der Waals surface area contributed by atoms with Gasteiger partial charge in [0.25, 0.3) is 0 Å². The minimum absolute atomic E-state index is 0.351. The fourth-order valence-corrected chi connectivity index (χ4v) is 3.17. The second-order valence-corrected chi connectivity index (χ2v) is 6.10. The first-order valence-corrected chi connectivity index (χ1v) is 6.83. The van der Waals surface area contributed by atoms with Crippen molar-refractivity contribution in [1.82, 2.24) is 5.32 Å². The van der Waals surface area contributed by atoms with Crippen LogP contribution in [0.5, 0.6) is 0 Å². The Morgan fingerprint density at radius 2 is 2.38 bits per heavy atom. The molecule has 1 unspecified atom stereocenters. The summed E-state index contributed by atoms with van der Waals surface area (Å²) in [5.74, 6) is 0.453. The fourth-order valence-electron chi connectivity index (χ4n) is 1.89. The van der Waals surface area contributed by atoms with E-state index in [4.69, 9.17) is 5.11 Å². The van der Waals surface area contributed by atoms with Crippen molar-refractivity contribution in [2.75, 3.05) is 18.8 Å². The molecule has 0 aromatic rings. The zero-order valence-electron chi connectivity index (χ0n) is 10.1. The zero-order chi connectivity index (χ0) is 12.0. The number of nitrogens with one attached hydrogen (secondary N) is 1. The van der Waals surface area contributed by atoms with Crippen molar-refractivity contribution < 1.29 is 9.90 Å². The topological polar surface area (TPSA) is 49.3 Å². The molecule has 1 heterocycles. The molecule has 92 valence electrons. The molecule has 0 radical (unpaired) electrons. The second kappa shape index (κ2) is 6.30. The molecule has 4 heteroatoms. The van der Waals surface area contributed by atoms with Crippen molar-refractivity contribution in [3.63, 3.8) is 0 Å². The highest BCUT2D eigenvalue weighted by molar-refractivity contribution is 8.00. The number of hydrogen-bond acceptors (Lipinski definition) is 3. The Morgan fingerprint density at radius 1 is 1.62 bits per heavy atom. The summed E-state index contributed by atoms with van der Waals surface area (Å²) < 4.78 is 0.351. The molecule has 2 N–H and O–H groups in total. The molecule has 1 aliphatic heterocycles. The van der Waals surface area contributed by atoms with E-state index in [-0.39, 0.29) is 0 Å². The molecule has 0 amide bonds. The Kier molecular flexibility index (Phi) is 5.35. The SMILES string of the molecule is CCC(=CCNCC1(C)CCCS1)C(=O)O. The molecule has 0 aliphatic carbocycles. The second-order valence-electron chi connectivity index (χ2n) is 4.42. The van der Waals surface area contributed by atoms with Crippen molar-refractivity contribution in [1.29, 1.82) is 0 Å². The van der Waals surface area contributed by atoms with Crippen LogP contribution in [-0.2, 0) is 4.79 Å². The molecule has 1 aliphatic rings. The van der Waals surface area contributed by atoms with E-state index in [1.54, 1.807) is 6.08 Å². The van der Waals surface area contributed by atoms with E-state index >= 15 is 0 Å². The maximum Gasteiger partial charge on any atom is 0.331 e. The van der Waals surface area contributed by atoms with Crippen molar-refractivity contribution in [3.05, 3.63) is 11.6 Å². The predicted octanol–water partition coefficient (Wildman–Crippen LogP) is 2.28. The number of hydrogen-bond donors (Lipinski definition) is 2. The van der Waals surface area contributed by atoms with Crippen molar-refractivity contribution in [3.8, 4) is 0 Å². The minimum atomic E-state index is -0.800. The van der Waals surface area contributed by atoms with Gasteiger partial charge in [0.2, 0.25) is 0 Å². The summed E-state index contributed by atoms with van der Waals surface area (Å²) in [6.45, 7) is 5.77. The molecular formula is C12H21NO2S. The summed E-state index contributed by atoms with van der Waals surface area (Å²) in [7, 11) is 0. The van der Waals surface area contributed by atoms with Gasteiger partial charge in [0, 0.05) is 23.4 Å². The van der Waals surface area contributed by atoms with Crippen LogP contribution in [0.4, 0.5) is 0 Å². The average Bonchev–Trinajstić information content (AvgIpc) is 2.65. The average molecular weight is 243 g/mol. The van der Waals surface area contributed by atoms with Gasteiger partial charge in [-0.05, 0) is 31.9 Å². The fraction of sp³-hybridized carbons (Fsp3) is 0.750. The Morgan fingerprint density at radius 3 is 2.88 bits per heavy atom. The highest BCUT2D eigenvalue weighted by atomic mass is 32.2. The molecule has 0 aromatic heterocycles. The van der Waals surface area contributed by atoms with Gasteiger partial charge in [0.05, 0.1) is 0 Å². The van der Waals surface area contributed by atoms with Crippen molar-refractivity contribution in [2.24, 2.45) is 0 Å². The zero-order valence-corrected chi connectivity index (χ0v) is 10.9. The van der Waals surface area contributed by atoms with Gasteiger partial charge in [-0.3, -0.25) is 0 Å². The van der Waals surface area contributed by atoms with Gasteiger partial charge in [-0.1, -0.05) is 13.0 Å². The summed E-state index contributed by atoms with van der Waals surface area (Å²) in [4.78, 5) is 10.7. The Hall–Kier alpha value is -0.480. The quantitative estimate of drug-likeness (QED) is 0.555. The molecule has 0 spiro atoms. The van der Waals surface area contributed by atoms with Crippen LogP contribution in [0.1, 0.15) is 33.1 Å². The van der Waals surface area contributed by atoms with Crippen LogP contribution in [0, 0.1) is 0 Å². The Balaban J connectivity index is 2.27. The molecule has 3 nitrogen and oxygen atoms in total. The van der Waals surface area contributed by atoms with E-state index in [0.717, 1.165) is 6.54 Å². The highest BCUT2D eigenvalue weighted by Crippen LogP contribution is 2.36. The van der Waals surface area contributed by atoms with Crippen LogP contribution in [0.2, 0.25) is 0 Å². The van der Waals surface area contributed by atoms with E-state index in [1.807, 2.05) is 18.7 Å². The van der Waals surface area contributed by atoms with Crippen LogP contribution in [0.15, 0.2) is 11.6 Å². The van der Waals surface area contributed by atoms with Gasteiger partial charge >= 0.3 is 5.97 Å². The summed E-state index contributed by atoms with van der Waals surface area (Å²) in [6.07, 6.45) is 4.93. The van der Waals surface area contributed by atoms with Crippen LogP contribution >= 0.6 is 11.8 Å². The predicted molar refractivity (Wildman–Crippen MR) is 69.0 cm³/mol. The van der Waals surface area contributed by atoms with Gasteiger partial charge in [0.15, 0.2) is 0 Å². The summed E-state index contributed by atoms with van der Waals surface area (Å²) in [5.41, 5.74) is 0.497. The molecule has 1 rings (SSSR count). The van der Waals surface area contributed by atoms with Gasteiger partial charge in [-0.25, -0.2) is 4.79 Å². The number of thioether (sulfide) groups is 1. The van der Waals surface area contributed by atoms with Crippen LogP contribution in [0.25, 0.3) is 0 Å². The first-order valence-electron chi connectivity index (χ1n) is 5.84. The van der Waals surface area contributed by atoms with E-state index in [0.29, 0.717) is 23.3 Å². The van der Waals surface area contributed by atoms with E-state index in [9.17, 15) is 4.79 Å². The molecule has 1 atom stereocenters. The molecular weight excluding hydrogens is 222 g/mol. The largest absolute Gasteiger partial charge is 0.478 e. The number of aliphatic carboxylic acids is 1. The standard InChI is InChI=1S/C12H21NO2S/c1-3-10(11(14)15)5-7-13-9-12(2)6-4-8-16-12/h5,13H,3-4,6-9H2,1-2H3,(H,14,15). The molecule has 0 saturated carbocycles. The van der Waals surface area contributed by atoms with E-state index in [1.165, 1.54) is 18.6 Å². The molecule has 0 aromatic carbocycles. The lowest BCUT2D eigenvalue weighted by Gasteiger charge is -2.22. The number of carbonyl (C=O) groups is 1. The number of rotatable bonds is 6. The number of carboxylic acids is 1. The van der Waals surface area contributed by atoms with Crippen molar-refractivity contribution >= 4 is 17.7 Å². The van der Waals surface area contributed by atoms with Crippen LogP contribution in [-0.4, -0.2) is 34.7 Å². The lowest BCUT2D eigenvalue weighted by molar-refractivity contribution is -0.132. The maximum absolute atomic E-state index is 10.7. The Labute approximate surface area is 102 Å². The monoisotopic (exact) mass is 243 g/mol. The lowest BCUT2D eigenvalue weighted by atomic mass is 10.1. The third kappa shape index (κ3) is 4.18. The molecule has 0 bridgehead atoms. The van der Waals surface area contributed by atoms with E-state index in [2.05, 4.69) is 12.2 Å². The van der Waals surface area contributed by atoms with E-state index < -0.39 is 5.97 Å². The summed E-state index contributed by atoms with van der Waals surface area (Å²) in [6, 6.07) is 0. The maximum atomic E-state index is 10.7. The van der Waals surface area contributed by atoms with Gasteiger partial charge < -0.3 is 10.4 Å². The third-order valence-electron chi connectivity index (χ3n) is 2.95. The lowest BCUT2D eigenvalue weighted by Crippen LogP contribution is -2.33. The highest BCUT2D eigenvalue weighted by Gasteiger charge is 2.28. The van der Waals surface area contributed by atoms with Gasteiger partial charge in [-0.2, -0.15) is 11.8 Å². The van der Waals surface area contributed by atoms with Crippen LogP contribution < -0.4 is 5.32 Å². The molecule has 16 heavy (non-hydrogen) atoms. The van der Waals surface area contributed by atoms with Gasteiger partial charge in [0.1, 0.15) is 0 Å². The first-order chi connectivity index (χ1) is 7.57. The summed E-state index contributed by atoms with van der Waals surface area (Å²) in [5, 5.41) is 12.2. The molecule has 1 saturated heterocycles. The van der Waals surface area contributed by atoms with Crippen molar-refractivity contribution in [2.45, 2.75) is 37.9 Å². The Bertz CT molecular complexity index is 270. The minimum Gasteiger partial charge on any atom is -0.478 e. The number of carboxylic acid groups (broad SMARTS) is 1. The normalized spacial score (nSPS) is 26.0. The summed E-state index contributed by atoms with van der Waals surface area (Å²) >= 11 is 2.02. The third-order valence-corrected chi connectivity index (χ3v) is 4.49. The van der Waals surface area contributed by atoms with Crippen LogP contribution in [0.3, 0.4) is 0 Å². The van der Waals surface area contributed by atoms with Gasteiger partial charge in [-0.15, -0.1) is 0 Å². The smallest absolute Gasteiger partial charge is 0.331 e. The molecule has 1 fully saturated rings. The first kappa shape index (κ1) is 13.6.